The van der Waals surface area contributed by atoms with Crippen LogP contribution >= 0.6 is 0 Å². The van der Waals surface area contributed by atoms with Crippen LogP contribution in [0, 0.1) is 20.8 Å². The molecule has 1 atom stereocenters. The molecule has 0 saturated carbocycles. The Kier molecular flexibility index (Phi) is 4.93. The number of rotatable bonds is 3. The standard InChI is InChI=1S/C26H26N4O2/c1-15-11-12-18(13-17(15)3)28-26(32)20-14-27-30-24(19-8-5-4-7-16(19)2)23-21(29-25(20)30)9-6-10-22(23)31/h4-5,7-8,11-14,24,29H,6,9-10H2,1-3H3,(H,28,32). The highest BCUT2D eigenvalue weighted by Gasteiger charge is 2.38. The lowest BCUT2D eigenvalue weighted by Crippen LogP contribution is -2.32. The van der Waals surface area contributed by atoms with Crippen LogP contribution in [0.3, 0.4) is 0 Å². The van der Waals surface area contributed by atoms with Crippen LogP contribution in [0.5, 0.6) is 0 Å². The molecular weight excluding hydrogens is 400 g/mol. The van der Waals surface area contributed by atoms with E-state index in [1.165, 1.54) is 5.56 Å². The lowest BCUT2D eigenvalue weighted by atomic mass is 9.84. The van der Waals surface area contributed by atoms with Crippen molar-refractivity contribution >= 4 is 23.2 Å². The van der Waals surface area contributed by atoms with Gasteiger partial charge in [0, 0.05) is 23.4 Å². The van der Waals surface area contributed by atoms with Crippen LogP contribution in [0.4, 0.5) is 11.5 Å². The van der Waals surface area contributed by atoms with Crippen LogP contribution in [-0.2, 0) is 4.79 Å². The van der Waals surface area contributed by atoms with Crippen LogP contribution < -0.4 is 10.6 Å². The number of anilines is 2. The van der Waals surface area contributed by atoms with Crippen molar-refractivity contribution in [3.05, 3.63) is 87.7 Å². The van der Waals surface area contributed by atoms with Gasteiger partial charge in [0.05, 0.1) is 6.20 Å². The number of aryl methyl sites for hydroxylation is 3. The Bertz CT molecular complexity index is 1280. The molecule has 1 aliphatic heterocycles. The first kappa shape index (κ1) is 20.2. The number of ketones is 1. The number of fused-ring (bicyclic) bond motifs is 1. The third-order valence-corrected chi connectivity index (χ3v) is 6.53. The van der Waals surface area contributed by atoms with Crippen LogP contribution in [0.2, 0.25) is 0 Å². The van der Waals surface area contributed by atoms with Gasteiger partial charge < -0.3 is 10.6 Å². The van der Waals surface area contributed by atoms with Crippen molar-refractivity contribution in [2.24, 2.45) is 0 Å². The number of amides is 1. The molecule has 162 valence electrons. The first-order valence-electron chi connectivity index (χ1n) is 11.0. The second kappa shape index (κ2) is 7.79. The van der Waals surface area contributed by atoms with E-state index in [-0.39, 0.29) is 17.7 Å². The van der Waals surface area contributed by atoms with E-state index < -0.39 is 0 Å². The Morgan fingerprint density at radius 1 is 1.06 bits per heavy atom. The van der Waals surface area contributed by atoms with Gasteiger partial charge in [0.25, 0.3) is 5.91 Å². The van der Waals surface area contributed by atoms with Crippen LogP contribution in [0.25, 0.3) is 0 Å². The number of benzene rings is 2. The summed E-state index contributed by atoms with van der Waals surface area (Å²) in [5.74, 6) is 0.555. The molecule has 1 aromatic heterocycles. The fourth-order valence-electron chi connectivity index (χ4n) is 4.62. The lowest BCUT2D eigenvalue weighted by Gasteiger charge is -2.34. The molecule has 0 spiro atoms. The molecule has 32 heavy (non-hydrogen) atoms. The number of nitrogens with one attached hydrogen (secondary N) is 2. The van der Waals surface area contributed by atoms with E-state index in [4.69, 9.17) is 0 Å². The molecule has 2 aromatic carbocycles. The number of carbonyl (C=O) groups is 2. The molecule has 0 fully saturated rings. The molecule has 6 nitrogen and oxygen atoms in total. The Hall–Kier alpha value is -3.67. The zero-order valence-electron chi connectivity index (χ0n) is 18.5. The van der Waals surface area contributed by atoms with E-state index in [0.29, 0.717) is 17.8 Å². The van der Waals surface area contributed by atoms with Crippen LogP contribution in [0.15, 0.2) is 59.9 Å². The van der Waals surface area contributed by atoms with Gasteiger partial charge in [0.2, 0.25) is 0 Å². The molecule has 2 N–H and O–H groups in total. The molecule has 0 bridgehead atoms. The Labute approximate surface area is 187 Å². The van der Waals surface area contributed by atoms with Crippen LogP contribution in [-0.4, -0.2) is 21.5 Å². The molecule has 6 heteroatoms. The number of hydrogen-bond donors (Lipinski definition) is 2. The SMILES string of the molecule is Cc1ccc(NC(=O)c2cnn3c2NC2=C(C(=O)CCC2)C3c2ccccc2C)cc1C. The van der Waals surface area contributed by atoms with Crippen molar-refractivity contribution < 1.29 is 9.59 Å². The van der Waals surface area contributed by atoms with Gasteiger partial charge in [-0.15, -0.1) is 0 Å². The molecule has 0 radical (unpaired) electrons. The smallest absolute Gasteiger partial charge is 0.261 e. The minimum atomic E-state index is -0.335. The molecule has 2 aliphatic rings. The highest BCUT2D eigenvalue weighted by atomic mass is 16.1. The summed E-state index contributed by atoms with van der Waals surface area (Å²) in [6.45, 7) is 6.11. The van der Waals surface area contributed by atoms with E-state index in [2.05, 4.69) is 15.7 Å². The van der Waals surface area contributed by atoms with E-state index in [0.717, 1.165) is 46.5 Å². The van der Waals surface area contributed by atoms with Gasteiger partial charge >= 0.3 is 0 Å². The van der Waals surface area contributed by atoms with Gasteiger partial charge in [-0.2, -0.15) is 5.10 Å². The first-order chi connectivity index (χ1) is 15.4. The highest BCUT2D eigenvalue weighted by molar-refractivity contribution is 6.08. The molecule has 1 amide bonds. The largest absolute Gasteiger partial charge is 0.343 e. The summed E-state index contributed by atoms with van der Waals surface area (Å²) in [5, 5.41) is 11.0. The monoisotopic (exact) mass is 426 g/mol. The van der Waals surface area contributed by atoms with E-state index in [1.54, 1.807) is 10.9 Å². The number of hydrogen-bond acceptors (Lipinski definition) is 4. The minimum absolute atomic E-state index is 0.147. The van der Waals surface area contributed by atoms with Crippen LogP contribution in [0.1, 0.15) is 57.9 Å². The second-order valence-electron chi connectivity index (χ2n) is 8.66. The van der Waals surface area contributed by atoms with Crippen molar-refractivity contribution in [2.45, 2.75) is 46.1 Å². The topological polar surface area (TPSA) is 76.0 Å². The van der Waals surface area contributed by atoms with E-state index in [9.17, 15) is 9.59 Å². The average Bonchev–Trinajstić information content (AvgIpc) is 3.19. The second-order valence-corrected chi connectivity index (χ2v) is 8.66. The van der Waals surface area contributed by atoms with Crippen molar-refractivity contribution in [1.29, 1.82) is 0 Å². The van der Waals surface area contributed by atoms with Crippen molar-refractivity contribution in [2.75, 3.05) is 10.6 Å². The molecule has 1 unspecified atom stereocenters. The predicted molar refractivity (Wildman–Crippen MR) is 125 cm³/mol. The fourth-order valence-corrected chi connectivity index (χ4v) is 4.62. The number of carbonyl (C=O) groups excluding carboxylic acids is 2. The van der Waals surface area contributed by atoms with Gasteiger partial charge in [0.15, 0.2) is 5.78 Å². The molecule has 0 saturated heterocycles. The summed E-state index contributed by atoms with van der Waals surface area (Å²) in [4.78, 5) is 26.1. The Morgan fingerprint density at radius 2 is 1.88 bits per heavy atom. The van der Waals surface area contributed by atoms with Crippen molar-refractivity contribution in [3.8, 4) is 0 Å². The summed E-state index contributed by atoms with van der Waals surface area (Å²) < 4.78 is 1.79. The minimum Gasteiger partial charge on any atom is -0.343 e. The average molecular weight is 427 g/mol. The third-order valence-electron chi connectivity index (χ3n) is 6.53. The predicted octanol–water partition coefficient (Wildman–Crippen LogP) is 5.08. The number of Topliss-reactive ketones (excluding diaryl/α,β-unsaturated/α-hetero) is 1. The fraction of sp³-hybridized carbons (Fsp3) is 0.269. The van der Waals surface area contributed by atoms with E-state index in [1.807, 2.05) is 63.2 Å². The summed E-state index contributed by atoms with van der Waals surface area (Å²) in [7, 11) is 0. The molecule has 3 aromatic rings. The summed E-state index contributed by atoms with van der Waals surface area (Å²) in [6, 6.07) is 13.6. The van der Waals surface area contributed by atoms with Gasteiger partial charge in [-0.25, -0.2) is 4.68 Å². The van der Waals surface area contributed by atoms with Gasteiger partial charge in [-0.05, 0) is 68.0 Å². The van der Waals surface area contributed by atoms with Gasteiger partial charge in [0.1, 0.15) is 17.4 Å². The molecular formula is C26H26N4O2. The zero-order chi connectivity index (χ0) is 22.4. The molecule has 1 aliphatic carbocycles. The maximum absolute atomic E-state index is 13.2. The maximum atomic E-state index is 13.2. The Morgan fingerprint density at radius 3 is 2.66 bits per heavy atom. The number of allylic oxidation sites excluding steroid dienone is 2. The summed E-state index contributed by atoms with van der Waals surface area (Å²) >= 11 is 0. The molecule has 5 rings (SSSR count). The summed E-state index contributed by atoms with van der Waals surface area (Å²) in [5.41, 5.74) is 7.30. The van der Waals surface area contributed by atoms with Gasteiger partial charge in [-0.1, -0.05) is 30.3 Å². The number of nitrogens with zero attached hydrogens (tertiary/aromatic N) is 2. The highest BCUT2D eigenvalue weighted by Crippen LogP contribution is 2.42. The van der Waals surface area contributed by atoms with E-state index >= 15 is 0 Å². The number of aromatic nitrogens is 2. The van der Waals surface area contributed by atoms with Crippen molar-refractivity contribution in [1.82, 2.24) is 9.78 Å². The third kappa shape index (κ3) is 3.32. The maximum Gasteiger partial charge on any atom is 0.261 e. The zero-order valence-corrected chi connectivity index (χ0v) is 18.5. The molecule has 2 heterocycles. The summed E-state index contributed by atoms with van der Waals surface area (Å²) in [6.07, 6.45) is 3.73. The van der Waals surface area contributed by atoms with Crippen molar-refractivity contribution in [3.63, 3.8) is 0 Å². The first-order valence-corrected chi connectivity index (χ1v) is 11.0. The lowest BCUT2D eigenvalue weighted by molar-refractivity contribution is -0.116. The normalized spacial score (nSPS) is 17.5. The quantitative estimate of drug-likeness (QED) is 0.612. The van der Waals surface area contributed by atoms with Gasteiger partial charge in [-0.3, -0.25) is 9.59 Å². The Balaban J connectivity index is 1.57.